The lowest BCUT2D eigenvalue weighted by Crippen LogP contribution is -2.42. The molecule has 1 N–H and O–H groups in total. The van der Waals surface area contributed by atoms with E-state index in [2.05, 4.69) is 41.1 Å². The minimum absolute atomic E-state index is 0.0974. The first-order valence-electron chi connectivity index (χ1n) is 8.97. The Kier molecular flexibility index (Phi) is 5.21. The van der Waals surface area contributed by atoms with Gasteiger partial charge in [-0.25, -0.2) is 0 Å². The van der Waals surface area contributed by atoms with Crippen molar-refractivity contribution >= 4 is 17.3 Å². The predicted octanol–water partition coefficient (Wildman–Crippen LogP) is 3.20. The molecule has 0 aliphatic carbocycles. The van der Waals surface area contributed by atoms with E-state index in [9.17, 15) is 4.79 Å². The molecule has 4 heteroatoms. The first-order valence-corrected chi connectivity index (χ1v) is 8.97. The minimum atomic E-state index is 0.0974. The number of hydrogen-bond donors (Lipinski definition) is 1. The predicted molar refractivity (Wildman–Crippen MR) is 95.9 cm³/mol. The van der Waals surface area contributed by atoms with Gasteiger partial charge in [0, 0.05) is 37.6 Å². The average molecular weight is 315 g/mol. The largest absolute Gasteiger partial charge is 0.372 e. The summed E-state index contributed by atoms with van der Waals surface area (Å²) in [6.45, 7) is 9.42. The van der Waals surface area contributed by atoms with Gasteiger partial charge in [-0.15, -0.1) is 0 Å². The van der Waals surface area contributed by atoms with Gasteiger partial charge < -0.3 is 10.2 Å². The van der Waals surface area contributed by atoms with Gasteiger partial charge in [0.25, 0.3) is 0 Å². The van der Waals surface area contributed by atoms with Gasteiger partial charge in [0.2, 0.25) is 5.91 Å². The maximum atomic E-state index is 12.3. The van der Waals surface area contributed by atoms with Crippen LogP contribution in [-0.4, -0.2) is 43.5 Å². The van der Waals surface area contributed by atoms with Crippen molar-refractivity contribution in [1.29, 1.82) is 0 Å². The van der Waals surface area contributed by atoms with Crippen molar-refractivity contribution in [3.05, 3.63) is 24.3 Å². The molecule has 1 aromatic rings. The molecule has 2 heterocycles. The van der Waals surface area contributed by atoms with Gasteiger partial charge in [-0.1, -0.05) is 13.8 Å². The molecule has 2 aliphatic rings. The van der Waals surface area contributed by atoms with Crippen molar-refractivity contribution in [2.24, 2.45) is 11.8 Å². The number of hydrogen-bond acceptors (Lipinski definition) is 3. The molecule has 4 nitrogen and oxygen atoms in total. The highest BCUT2D eigenvalue weighted by atomic mass is 16.2. The molecule has 0 bridgehead atoms. The van der Waals surface area contributed by atoms with Crippen molar-refractivity contribution in [2.75, 3.05) is 42.9 Å². The first kappa shape index (κ1) is 16.3. The lowest BCUT2D eigenvalue weighted by atomic mass is 9.92. The van der Waals surface area contributed by atoms with E-state index in [1.165, 1.54) is 24.9 Å². The minimum Gasteiger partial charge on any atom is -0.372 e. The zero-order chi connectivity index (χ0) is 16.2. The SMILES string of the molecule is CC1CC(C)CN(CC(=O)Nc2ccc(N3CCCC3)cc2)C1. The van der Waals surface area contributed by atoms with Crippen LogP contribution >= 0.6 is 0 Å². The van der Waals surface area contributed by atoms with E-state index in [0.717, 1.165) is 31.9 Å². The Morgan fingerprint density at radius 1 is 1.09 bits per heavy atom. The molecule has 2 unspecified atom stereocenters. The van der Waals surface area contributed by atoms with Gasteiger partial charge in [0.05, 0.1) is 6.54 Å². The summed E-state index contributed by atoms with van der Waals surface area (Å²) in [5.41, 5.74) is 2.16. The third-order valence-electron chi connectivity index (χ3n) is 4.93. The summed E-state index contributed by atoms with van der Waals surface area (Å²) in [5.74, 6) is 1.47. The van der Waals surface area contributed by atoms with Gasteiger partial charge in [-0.05, 0) is 55.4 Å². The quantitative estimate of drug-likeness (QED) is 0.927. The topological polar surface area (TPSA) is 35.6 Å². The van der Waals surface area contributed by atoms with Crippen LogP contribution in [-0.2, 0) is 4.79 Å². The van der Waals surface area contributed by atoms with Gasteiger partial charge in [-0.2, -0.15) is 0 Å². The van der Waals surface area contributed by atoms with Crippen LogP contribution in [0.15, 0.2) is 24.3 Å². The van der Waals surface area contributed by atoms with Crippen LogP contribution in [0.2, 0.25) is 0 Å². The molecule has 1 aromatic carbocycles. The molecule has 2 aliphatic heterocycles. The highest BCUT2D eigenvalue weighted by molar-refractivity contribution is 5.92. The Labute approximate surface area is 139 Å². The number of likely N-dealkylation sites (tertiary alicyclic amines) is 1. The first-order chi connectivity index (χ1) is 11.1. The molecule has 2 saturated heterocycles. The fourth-order valence-corrected chi connectivity index (χ4v) is 4.06. The standard InChI is InChI=1S/C19H29N3O/c1-15-11-16(2)13-21(12-15)14-19(23)20-17-5-7-18(8-6-17)22-9-3-4-10-22/h5-8,15-16H,3-4,9-14H2,1-2H3,(H,20,23). The van der Waals surface area contributed by atoms with Crippen molar-refractivity contribution in [3.8, 4) is 0 Å². The van der Waals surface area contributed by atoms with E-state index in [4.69, 9.17) is 0 Å². The number of carbonyl (C=O) groups is 1. The van der Waals surface area contributed by atoms with Crippen LogP contribution in [0.1, 0.15) is 33.1 Å². The molecular weight excluding hydrogens is 286 g/mol. The van der Waals surface area contributed by atoms with Gasteiger partial charge in [-0.3, -0.25) is 9.69 Å². The van der Waals surface area contributed by atoms with Crippen LogP contribution in [0.5, 0.6) is 0 Å². The number of nitrogens with one attached hydrogen (secondary N) is 1. The Hall–Kier alpha value is -1.55. The van der Waals surface area contributed by atoms with E-state index in [1.54, 1.807) is 0 Å². The molecule has 0 aromatic heterocycles. The molecular formula is C19H29N3O. The van der Waals surface area contributed by atoms with Crippen molar-refractivity contribution in [3.63, 3.8) is 0 Å². The second-order valence-corrected chi connectivity index (χ2v) is 7.43. The van der Waals surface area contributed by atoms with Gasteiger partial charge in [0.1, 0.15) is 0 Å². The summed E-state index contributed by atoms with van der Waals surface area (Å²) in [6.07, 6.45) is 3.84. The Morgan fingerprint density at radius 3 is 2.30 bits per heavy atom. The van der Waals surface area contributed by atoms with Gasteiger partial charge >= 0.3 is 0 Å². The zero-order valence-corrected chi connectivity index (χ0v) is 14.4. The van der Waals surface area contributed by atoms with Crippen molar-refractivity contribution in [1.82, 2.24) is 4.90 Å². The molecule has 23 heavy (non-hydrogen) atoms. The van der Waals surface area contributed by atoms with Crippen molar-refractivity contribution < 1.29 is 4.79 Å². The van der Waals surface area contributed by atoms with E-state index >= 15 is 0 Å². The summed E-state index contributed by atoms with van der Waals surface area (Å²) in [7, 11) is 0. The number of carbonyl (C=O) groups excluding carboxylic acids is 1. The Balaban J connectivity index is 1.51. The fourth-order valence-electron chi connectivity index (χ4n) is 4.06. The number of benzene rings is 1. The normalized spacial score (nSPS) is 25.6. The van der Waals surface area contributed by atoms with E-state index in [-0.39, 0.29) is 5.91 Å². The molecule has 0 radical (unpaired) electrons. The smallest absolute Gasteiger partial charge is 0.238 e. The third kappa shape index (κ3) is 4.47. The summed E-state index contributed by atoms with van der Waals surface area (Å²) < 4.78 is 0. The number of nitrogens with zero attached hydrogens (tertiary/aromatic N) is 2. The molecule has 0 spiro atoms. The Morgan fingerprint density at radius 2 is 1.70 bits per heavy atom. The molecule has 0 saturated carbocycles. The maximum Gasteiger partial charge on any atom is 0.238 e. The highest BCUT2D eigenvalue weighted by Crippen LogP contribution is 2.23. The molecule has 1 amide bonds. The van der Waals surface area contributed by atoms with Crippen LogP contribution in [0, 0.1) is 11.8 Å². The van der Waals surface area contributed by atoms with Crippen LogP contribution < -0.4 is 10.2 Å². The lowest BCUT2D eigenvalue weighted by Gasteiger charge is -2.34. The van der Waals surface area contributed by atoms with E-state index in [1.807, 2.05) is 12.1 Å². The monoisotopic (exact) mass is 315 g/mol. The molecule has 3 rings (SSSR count). The second kappa shape index (κ2) is 7.35. The molecule has 2 fully saturated rings. The summed E-state index contributed by atoms with van der Waals surface area (Å²) in [5, 5.41) is 3.04. The fraction of sp³-hybridized carbons (Fsp3) is 0.632. The zero-order valence-electron chi connectivity index (χ0n) is 14.4. The number of piperidine rings is 1. The maximum absolute atomic E-state index is 12.3. The highest BCUT2D eigenvalue weighted by Gasteiger charge is 2.23. The third-order valence-corrected chi connectivity index (χ3v) is 4.93. The van der Waals surface area contributed by atoms with Crippen LogP contribution in [0.25, 0.3) is 0 Å². The van der Waals surface area contributed by atoms with E-state index < -0.39 is 0 Å². The summed E-state index contributed by atoms with van der Waals surface area (Å²) >= 11 is 0. The number of amides is 1. The van der Waals surface area contributed by atoms with Crippen LogP contribution in [0.3, 0.4) is 0 Å². The lowest BCUT2D eigenvalue weighted by molar-refractivity contribution is -0.117. The summed E-state index contributed by atoms with van der Waals surface area (Å²) in [4.78, 5) is 17.0. The number of anilines is 2. The molecule has 2 atom stereocenters. The average Bonchev–Trinajstić information content (AvgIpc) is 3.01. The second-order valence-electron chi connectivity index (χ2n) is 7.43. The van der Waals surface area contributed by atoms with Gasteiger partial charge in [0.15, 0.2) is 0 Å². The Bertz CT molecular complexity index is 512. The van der Waals surface area contributed by atoms with Crippen molar-refractivity contribution in [2.45, 2.75) is 33.1 Å². The van der Waals surface area contributed by atoms with E-state index in [0.29, 0.717) is 18.4 Å². The summed E-state index contributed by atoms with van der Waals surface area (Å²) in [6, 6.07) is 8.28. The van der Waals surface area contributed by atoms with Crippen LogP contribution in [0.4, 0.5) is 11.4 Å². The molecule has 126 valence electrons. The number of rotatable bonds is 4.